The average molecular weight is 365 g/mol. The van der Waals surface area contributed by atoms with E-state index >= 15 is 0 Å². The summed E-state index contributed by atoms with van der Waals surface area (Å²) in [6.07, 6.45) is 2.43. The molecule has 82 valence electrons. The Morgan fingerprint density at radius 2 is 2.19 bits per heavy atom. The smallest absolute Gasteiger partial charge is 0.206 e. The first-order valence-electron chi connectivity index (χ1n) is 4.18. The molecule has 16 heavy (non-hydrogen) atoms. The zero-order chi connectivity index (χ0) is 11.7. The van der Waals surface area contributed by atoms with Gasteiger partial charge in [0.15, 0.2) is 5.82 Å². The van der Waals surface area contributed by atoms with Crippen molar-refractivity contribution in [2.24, 2.45) is 0 Å². The first-order chi connectivity index (χ1) is 7.59. The fourth-order valence-electron chi connectivity index (χ4n) is 1.15. The van der Waals surface area contributed by atoms with Crippen molar-refractivity contribution >= 4 is 49.0 Å². The third-order valence-electron chi connectivity index (χ3n) is 1.89. The molecule has 0 aromatic carbocycles. The largest absolute Gasteiger partial charge is 0.288 e. The Hall–Kier alpha value is -0.590. The minimum Gasteiger partial charge on any atom is -0.288 e. The molecule has 2 rings (SSSR count). The molecule has 0 radical (unpaired) electrons. The molecule has 6 heteroatoms. The molecule has 0 bridgehead atoms. The minimum atomic E-state index is -0.604. The number of hydrogen-bond acceptors (Lipinski definition) is 3. The van der Waals surface area contributed by atoms with E-state index in [1.54, 1.807) is 6.07 Å². The molecule has 2 aromatic heterocycles. The maximum absolute atomic E-state index is 13.3. The van der Waals surface area contributed by atoms with Crippen molar-refractivity contribution < 1.29 is 9.18 Å². The third-order valence-corrected chi connectivity index (χ3v) is 5.14. The lowest BCUT2D eigenvalue weighted by Crippen LogP contribution is -2.02. The summed E-state index contributed by atoms with van der Waals surface area (Å²) in [5, 5.41) is 0. The molecule has 0 aliphatic carbocycles. The Morgan fingerprint density at radius 3 is 2.75 bits per heavy atom. The van der Waals surface area contributed by atoms with Crippen molar-refractivity contribution in [1.82, 2.24) is 4.98 Å². The second-order valence-corrected chi connectivity index (χ2v) is 6.14. The van der Waals surface area contributed by atoms with Crippen LogP contribution in [-0.4, -0.2) is 10.8 Å². The normalized spacial score (nSPS) is 10.4. The van der Waals surface area contributed by atoms with Crippen LogP contribution in [0.3, 0.4) is 0 Å². The van der Waals surface area contributed by atoms with E-state index in [2.05, 4.69) is 36.8 Å². The molecule has 2 aromatic rings. The number of hydrogen-bond donors (Lipinski definition) is 0. The second kappa shape index (κ2) is 4.73. The molecule has 0 fully saturated rings. The van der Waals surface area contributed by atoms with Crippen LogP contribution >= 0.6 is 43.2 Å². The summed E-state index contributed by atoms with van der Waals surface area (Å²) in [4.78, 5) is 16.0. The monoisotopic (exact) mass is 363 g/mol. The zero-order valence-electron chi connectivity index (χ0n) is 7.71. The molecule has 0 spiro atoms. The van der Waals surface area contributed by atoms with Crippen LogP contribution < -0.4 is 0 Å². The number of ketones is 1. The highest BCUT2D eigenvalue weighted by atomic mass is 79.9. The number of rotatable bonds is 2. The fourth-order valence-corrected chi connectivity index (χ4v) is 3.14. The fraction of sp³-hybridized carbons (Fsp3) is 0. The Kier molecular flexibility index (Phi) is 3.51. The van der Waals surface area contributed by atoms with Crippen LogP contribution in [0.25, 0.3) is 0 Å². The highest BCUT2D eigenvalue weighted by Gasteiger charge is 2.17. The standard InChI is InChI=1S/C10H4Br2FNOS/c11-6-3-8(16-10(6)12)9(15)5-1-2-14-4-7(5)13/h1-4H. The number of thiophene rings is 1. The summed E-state index contributed by atoms with van der Waals surface area (Å²) < 4.78 is 14.9. The van der Waals surface area contributed by atoms with E-state index < -0.39 is 5.82 Å². The minimum absolute atomic E-state index is 0.0382. The van der Waals surface area contributed by atoms with Gasteiger partial charge in [-0.1, -0.05) is 0 Å². The van der Waals surface area contributed by atoms with Gasteiger partial charge in [0, 0.05) is 10.7 Å². The van der Waals surface area contributed by atoms with Gasteiger partial charge in [-0.3, -0.25) is 9.78 Å². The Morgan fingerprint density at radius 1 is 1.44 bits per heavy atom. The Balaban J connectivity index is 2.43. The Labute approximate surface area is 112 Å². The topological polar surface area (TPSA) is 30.0 Å². The van der Waals surface area contributed by atoms with E-state index in [1.807, 2.05) is 0 Å². The van der Waals surface area contributed by atoms with Gasteiger partial charge in [0.1, 0.15) is 0 Å². The summed E-state index contributed by atoms with van der Waals surface area (Å²) in [6, 6.07) is 3.04. The highest BCUT2D eigenvalue weighted by molar-refractivity contribution is 9.13. The molecular weight excluding hydrogens is 361 g/mol. The van der Waals surface area contributed by atoms with Crippen LogP contribution in [0.5, 0.6) is 0 Å². The molecule has 2 nitrogen and oxygen atoms in total. The number of aromatic nitrogens is 1. The molecule has 0 amide bonds. The van der Waals surface area contributed by atoms with E-state index in [0.717, 1.165) is 14.5 Å². The van der Waals surface area contributed by atoms with Gasteiger partial charge >= 0.3 is 0 Å². The molecule has 0 saturated carbocycles. The molecule has 0 N–H and O–H groups in total. The van der Waals surface area contributed by atoms with Gasteiger partial charge in [0.2, 0.25) is 5.78 Å². The first-order valence-corrected chi connectivity index (χ1v) is 6.59. The van der Waals surface area contributed by atoms with E-state index in [4.69, 9.17) is 0 Å². The molecular formula is C10H4Br2FNOS. The van der Waals surface area contributed by atoms with Gasteiger partial charge in [-0.2, -0.15) is 0 Å². The second-order valence-electron chi connectivity index (χ2n) is 2.92. The van der Waals surface area contributed by atoms with Crippen molar-refractivity contribution in [3.8, 4) is 0 Å². The molecule has 0 atom stereocenters. The SMILES string of the molecule is O=C(c1cc(Br)c(Br)s1)c1ccncc1F. The van der Waals surface area contributed by atoms with Gasteiger partial charge in [0.05, 0.1) is 20.4 Å². The predicted molar refractivity (Wildman–Crippen MR) is 67.3 cm³/mol. The van der Waals surface area contributed by atoms with Crippen LogP contribution in [0, 0.1) is 5.82 Å². The molecule has 0 saturated heterocycles. The maximum Gasteiger partial charge on any atom is 0.206 e. The summed E-state index contributed by atoms with van der Waals surface area (Å²) in [6.45, 7) is 0. The predicted octanol–water partition coefficient (Wildman–Crippen LogP) is 4.04. The van der Waals surface area contributed by atoms with E-state index in [0.29, 0.717) is 4.88 Å². The quantitative estimate of drug-likeness (QED) is 0.753. The first kappa shape index (κ1) is 11.9. The average Bonchev–Trinajstić information content (AvgIpc) is 2.59. The number of nitrogens with zero attached hydrogens (tertiary/aromatic N) is 1. The molecule has 2 heterocycles. The molecule has 0 aliphatic heterocycles. The van der Waals surface area contributed by atoms with E-state index in [1.165, 1.54) is 23.6 Å². The molecule has 0 aliphatic rings. The summed E-state index contributed by atoms with van der Waals surface area (Å²) in [7, 11) is 0. The van der Waals surface area contributed by atoms with Gasteiger partial charge in [0.25, 0.3) is 0 Å². The lowest BCUT2D eigenvalue weighted by Gasteiger charge is -1.98. The van der Waals surface area contributed by atoms with Gasteiger partial charge in [-0.05, 0) is 44.0 Å². The van der Waals surface area contributed by atoms with Crippen LogP contribution in [0.4, 0.5) is 4.39 Å². The van der Waals surface area contributed by atoms with E-state index in [-0.39, 0.29) is 11.3 Å². The van der Waals surface area contributed by atoms with E-state index in [9.17, 15) is 9.18 Å². The lowest BCUT2D eigenvalue weighted by molar-refractivity contribution is 0.103. The van der Waals surface area contributed by atoms with Crippen LogP contribution in [-0.2, 0) is 0 Å². The zero-order valence-corrected chi connectivity index (χ0v) is 11.7. The van der Waals surface area contributed by atoms with Gasteiger partial charge in [-0.15, -0.1) is 11.3 Å². The van der Waals surface area contributed by atoms with Crippen molar-refractivity contribution in [3.63, 3.8) is 0 Å². The van der Waals surface area contributed by atoms with Gasteiger partial charge in [-0.25, -0.2) is 4.39 Å². The number of halogens is 3. The van der Waals surface area contributed by atoms with Gasteiger partial charge < -0.3 is 0 Å². The lowest BCUT2D eigenvalue weighted by atomic mass is 10.1. The number of pyridine rings is 1. The highest BCUT2D eigenvalue weighted by Crippen LogP contribution is 2.33. The summed E-state index contributed by atoms with van der Waals surface area (Å²) in [5.74, 6) is -0.940. The Bertz CT molecular complexity index is 536. The van der Waals surface area contributed by atoms with Crippen molar-refractivity contribution in [1.29, 1.82) is 0 Å². The summed E-state index contributed by atoms with van der Waals surface area (Å²) in [5.41, 5.74) is 0.0382. The number of carbonyl (C=O) groups excluding carboxylic acids is 1. The maximum atomic E-state index is 13.3. The van der Waals surface area contributed by atoms with Crippen LogP contribution in [0.15, 0.2) is 32.8 Å². The van der Waals surface area contributed by atoms with Crippen LogP contribution in [0.2, 0.25) is 0 Å². The third kappa shape index (κ3) is 2.23. The number of carbonyl (C=O) groups is 1. The molecule has 0 unspecified atom stereocenters. The van der Waals surface area contributed by atoms with Crippen molar-refractivity contribution in [3.05, 3.63) is 49.0 Å². The summed E-state index contributed by atoms with van der Waals surface area (Å²) >= 11 is 7.83. The van der Waals surface area contributed by atoms with Crippen molar-refractivity contribution in [2.75, 3.05) is 0 Å². The van der Waals surface area contributed by atoms with Crippen molar-refractivity contribution in [2.45, 2.75) is 0 Å². The van der Waals surface area contributed by atoms with Crippen LogP contribution in [0.1, 0.15) is 15.2 Å².